The fraction of sp³-hybridized carbons (Fsp3) is 0.930. The van der Waals surface area contributed by atoms with E-state index in [4.69, 9.17) is 93.0 Å². The summed E-state index contributed by atoms with van der Waals surface area (Å²) >= 11 is 0. The number of hydrogen-bond donors (Lipinski definition) is 27. The molecule has 0 aromatic carbocycles. The highest BCUT2D eigenvalue weighted by Crippen LogP contribution is 2.45. The van der Waals surface area contributed by atoms with Crippen molar-refractivity contribution in [2.24, 2.45) is 64.5 Å². The van der Waals surface area contributed by atoms with Gasteiger partial charge in [0.05, 0.1) is 153 Å². The maximum Gasteiger partial charge on any atom is 0.312 e. The van der Waals surface area contributed by atoms with Gasteiger partial charge in [0.25, 0.3) is 0 Å². The largest absolute Gasteiger partial charge is 0.461 e. The predicted molar refractivity (Wildman–Crippen MR) is 510 cm³/mol. The molecule has 2 bridgehead atoms. The molecule has 44 nitrogen and oxygen atoms in total. The zero-order valence-corrected chi connectivity index (χ0v) is 86.3. The second kappa shape index (κ2) is 56.4. The van der Waals surface area contributed by atoms with Gasteiger partial charge >= 0.3 is 5.97 Å². The molecule has 840 valence electrons. The smallest absolute Gasteiger partial charge is 0.312 e. The Bertz CT molecular complexity index is 3780. The van der Waals surface area contributed by atoms with Crippen molar-refractivity contribution in [1.29, 1.82) is 0 Å². The number of aliphatic hydroxyl groups is 24. The second-order valence-corrected chi connectivity index (χ2v) is 43.5. The number of cyclic esters (lactones) is 1. The van der Waals surface area contributed by atoms with Crippen LogP contribution < -0.4 is 17.2 Å². The molecule has 0 unspecified atom stereocenters. The number of carbonyl (C=O) groups excluding carboxylic acids is 1. The predicted octanol–water partition coefficient (Wildman–Crippen LogP) is -2.62. The number of unbranched alkanes of at least 4 members (excludes halogenated alkanes) is 1. The number of esters is 1. The van der Waals surface area contributed by atoms with Gasteiger partial charge in [-0.25, -0.2) is 0 Å². The van der Waals surface area contributed by atoms with Gasteiger partial charge in [0.2, 0.25) is 0 Å². The molecule has 30 N–H and O–H groups in total. The molecular formula is C100H179N3O41. The van der Waals surface area contributed by atoms with E-state index in [2.05, 4.69) is 0 Å². The summed E-state index contributed by atoms with van der Waals surface area (Å²) in [5.74, 6) is -9.59. The van der Waals surface area contributed by atoms with Crippen molar-refractivity contribution in [3.8, 4) is 0 Å². The summed E-state index contributed by atoms with van der Waals surface area (Å²) < 4.78 is 102. The van der Waals surface area contributed by atoms with Crippen LogP contribution in [-0.4, -0.2) is 435 Å². The molecule has 0 aromatic heterocycles. The van der Waals surface area contributed by atoms with Gasteiger partial charge in [-0.05, 0) is 137 Å². The lowest BCUT2D eigenvalue weighted by atomic mass is 9.82. The Morgan fingerprint density at radius 1 is 0.465 bits per heavy atom. The second-order valence-electron chi connectivity index (χ2n) is 43.5. The number of ether oxygens (including phenoxy) is 16. The van der Waals surface area contributed by atoms with Gasteiger partial charge in [-0.1, -0.05) is 105 Å². The van der Waals surface area contributed by atoms with Crippen molar-refractivity contribution in [2.45, 2.75) is 532 Å². The Hall–Kier alpha value is -2.99. The van der Waals surface area contributed by atoms with Crippen molar-refractivity contribution in [2.75, 3.05) is 6.61 Å². The number of nitrogens with two attached hydrogens (primary N) is 3. The highest BCUT2D eigenvalue weighted by Gasteiger charge is 2.60. The van der Waals surface area contributed by atoms with Gasteiger partial charge in [-0.3, -0.25) is 4.79 Å². The third-order valence-electron chi connectivity index (χ3n) is 31.5. The van der Waals surface area contributed by atoms with Gasteiger partial charge in [0.15, 0.2) is 49.8 Å². The average Bonchev–Trinajstić information content (AvgIpc) is 0.750. The van der Waals surface area contributed by atoms with Gasteiger partial charge in [0.1, 0.15) is 91.6 Å². The molecule has 144 heavy (non-hydrogen) atoms. The molecule has 8 saturated heterocycles. The minimum Gasteiger partial charge on any atom is -0.461 e. The van der Waals surface area contributed by atoms with Crippen LogP contribution in [-0.2, 0) is 80.6 Å². The molecule has 9 aliphatic heterocycles. The Labute approximate surface area is 845 Å². The molecule has 9 aliphatic rings. The Morgan fingerprint density at radius 3 is 1.62 bits per heavy atom. The van der Waals surface area contributed by atoms with Crippen LogP contribution in [0.2, 0.25) is 0 Å². The Morgan fingerprint density at radius 2 is 1.01 bits per heavy atom. The molecule has 0 aliphatic carbocycles. The highest BCUT2D eigenvalue weighted by molar-refractivity contribution is 5.73. The Kier molecular flexibility index (Phi) is 48.8. The first kappa shape index (κ1) is 124. The molecule has 57 atom stereocenters. The van der Waals surface area contributed by atoms with Crippen LogP contribution in [0, 0.1) is 47.3 Å². The van der Waals surface area contributed by atoms with Crippen molar-refractivity contribution >= 4 is 5.97 Å². The summed E-state index contributed by atoms with van der Waals surface area (Å²) in [4.78, 5) is 14.5. The summed E-state index contributed by atoms with van der Waals surface area (Å²) in [5.41, 5.74) is 18.3. The van der Waals surface area contributed by atoms with Gasteiger partial charge in [-0.2, -0.15) is 0 Å². The van der Waals surface area contributed by atoms with Crippen LogP contribution in [0.25, 0.3) is 0 Å². The zero-order chi connectivity index (χ0) is 107. The van der Waals surface area contributed by atoms with E-state index < -0.39 is 367 Å². The van der Waals surface area contributed by atoms with E-state index in [9.17, 15) is 127 Å². The third-order valence-corrected chi connectivity index (χ3v) is 31.5. The van der Waals surface area contributed by atoms with Crippen LogP contribution in [0.15, 0.2) is 36.5 Å². The van der Waals surface area contributed by atoms with Crippen LogP contribution in [0.3, 0.4) is 0 Å². The van der Waals surface area contributed by atoms with E-state index in [1.165, 1.54) is 65.8 Å². The number of carbonyl (C=O) groups is 1. The van der Waals surface area contributed by atoms with Gasteiger partial charge in [-0.15, -0.1) is 0 Å². The van der Waals surface area contributed by atoms with Crippen molar-refractivity contribution < 1.29 is 203 Å². The van der Waals surface area contributed by atoms with E-state index in [1.807, 2.05) is 27.7 Å². The SMILES string of the molecule is CC[C@@H]1C(=O)O[C@@H](C[C@H](O)CCCC[C@H](C)[C@H](O)[C@H](C)CC[C@H](O)[C@H](C)[C@H](C)O[C@@H]2C[C@@](C)(N)[C@H](O)[C@@H](C)O2)[C@@H](C)/C=C/C=C/[C@H](O)[C@@H](C)[C@@H](O)C[C@@H](O)C[C@@H](O[C@@H]2O[C@@H](CO)[C@H](O)[C@@H](O)[C@@H]2O)[C@H](C)[C@H]2C[C@H](O)[C@H](O)[C@](O)(C[C@@H](O[C@H]3O[C@H](C)[C@@H](O[C@H]4O[C@H](C)[C@@H](O)[C@@H](O[C@H]5C[C@@H](N)[C@@H](O)[C@H](C)O5)[C@H]4O)[C@@H](O[C@H]4C[C@@H](N)[C@@H](O)[C@H](C)O4)[C@H]3O[C@H]3O[C@@H](C)[C@H](O)[C@H](O)[C@@H]3O)[C@H](C)CC[C@@H](O)C[C@@H](O)C/C=C/[C@@H]1O)O2. The first-order chi connectivity index (χ1) is 67.5. The number of fused-ring (bicyclic) bond motifs is 2. The average molecular weight is 2080 g/mol. The Balaban J connectivity index is 1.00. The van der Waals surface area contributed by atoms with Crippen LogP contribution in [0.4, 0.5) is 0 Å². The van der Waals surface area contributed by atoms with Crippen molar-refractivity contribution in [1.82, 2.24) is 0 Å². The maximum atomic E-state index is 14.5. The lowest BCUT2D eigenvalue weighted by molar-refractivity contribution is -0.407. The van der Waals surface area contributed by atoms with Crippen LogP contribution in [0.5, 0.6) is 0 Å². The molecule has 0 aromatic rings. The minimum absolute atomic E-state index is 0.0551. The van der Waals surface area contributed by atoms with E-state index in [0.29, 0.717) is 32.1 Å². The first-order valence-electron chi connectivity index (χ1n) is 52.2. The number of allylic oxidation sites excluding steroid dienone is 2. The summed E-state index contributed by atoms with van der Waals surface area (Å²) in [7, 11) is 0. The summed E-state index contributed by atoms with van der Waals surface area (Å²) in [5, 5.41) is 278. The third kappa shape index (κ3) is 33.3. The van der Waals surface area contributed by atoms with E-state index >= 15 is 0 Å². The highest BCUT2D eigenvalue weighted by atomic mass is 16.8. The standard InChI is InChI=1S/C100H179N3O41/c1-17-61-66(111)28-22-26-57(105)33-59(107)31-29-44(3)72(138-98-91(143-95-85(122)83(120)80(117)53(12)133-95)90(141-75-38-63(102)79(116)52(11)131-75)88(55(14)135-98)142-97-87(124)89(81(118)54(13)134-97)140-74-37-62(101)78(115)51(10)130-74)40-100(128)93(126)68(113)39-71(144-100)49(8)70(137-96-86(123)84(121)82(119)73(42-104)139-96)36-60(108)34-67(112)48(7)64(109)27-21-19-23-43(2)69(136-94(61)127)35-58(106)25-20-18-24-45(4)77(114)46(5)30-32-65(110)47(6)50(9)129-76-41-99(16,103)92(125)56(15)132-76/h19,21-23,27-28,43-93,95-98,104-126,128H,17-18,20,24-26,29-42,101-103H2,1-16H3/b23-19+,27-21+,28-22+/t43-,44+,45-,46+,47+,48+,49-,50-,51-,52-,53-,54+,55+,56+,57-,58+,59+,60+,61-,62+,63+,64-,65-,66-,67-,68-,69-,70+,71+,72+,73-,74-,75-,76-,77-,78-,79-,80-,81+,82-,83-,84+,85-,86-,87+,88+,89+,90+,91+,92+,93-,95+,96+,97+,98+,99+,100-/m0/s1. The molecule has 0 saturated carbocycles. The lowest BCUT2D eigenvalue weighted by Crippen LogP contribution is -2.67. The van der Waals surface area contributed by atoms with Crippen molar-refractivity contribution in [3.05, 3.63) is 36.5 Å². The number of hydrogen-bond acceptors (Lipinski definition) is 44. The zero-order valence-electron chi connectivity index (χ0n) is 86.3. The fourth-order valence-corrected chi connectivity index (χ4v) is 20.9. The van der Waals surface area contributed by atoms with Crippen LogP contribution in [0.1, 0.15) is 233 Å². The summed E-state index contributed by atoms with van der Waals surface area (Å²) in [6.07, 6.45) is -56.9. The first-order valence-corrected chi connectivity index (χ1v) is 52.2. The van der Waals surface area contributed by atoms with Gasteiger partial charge < -0.3 is 216 Å². The molecule has 0 radical (unpaired) electrons. The summed E-state index contributed by atoms with van der Waals surface area (Å²) in [6.45, 7) is 25.5. The summed E-state index contributed by atoms with van der Waals surface area (Å²) in [6, 6.07) is -1.87. The molecular weight excluding hydrogens is 1900 g/mol. The van der Waals surface area contributed by atoms with Crippen molar-refractivity contribution in [3.63, 3.8) is 0 Å². The lowest BCUT2D eigenvalue weighted by Gasteiger charge is -2.52. The minimum atomic E-state index is -2.99. The molecule has 8 fully saturated rings. The van der Waals surface area contributed by atoms with E-state index in [0.717, 1.165) is 0 Å². The monoisotopic (exact) mass is 2080 g/mol. The molecule has 0 spiro atoms. The number of rotatable bonds is 30. The fourth-order valence-electron chi connectivity index (χ4n) is 20.9. The quantitative estimate of drug-likeness (QED) is 0.0199. The maximum absolute atomic E-state index is 14.5. The topological polar surface area (TPSA) is 728 Å². The normalized spacial score (nSPS) is 48.4. The van der Waals surface area contributed by atoms with E-state index in [1.54, 1.807) is 53.7 Å². The van der Waals surface area contributed by atoms with E-state index in [-0.39, 0.29) is 82.0 Å². The van der Waals surface area contributed by atoms with Crippen LogP contribution >= 0.6 is 0 Å². The number of aliphatic hydroxyl groups excluding tert-OH is 23. The van der Waals surface area contributed by atoms with Gasteiger partial charge in [0, 0.05) is 86.2 Å². The molecule has 9 heterocycles. The molecule has 9 rings (SSSR count). The molecule has 0 amide bonds. The molecule has 44 heteroatoms.